The number of carbonyl (C=O) groups is 1. The Balaban J connectivity index is 3.09. The van der Waals surface area contributed by atoms with E-state index in [2.05, 4.69) is 6.58 Å². The number of benzene rings is 1. The summed E-state index contributed by atoms with van der Waals surface area (Å²) in [4.78, 5) is 12.9. The summed E-state index contributed by atoms with van der Waals surface area (Å²) in [5.41, 5.74) is 1.57. The first-order chi connectivity index (χ1) is 8.82. The number of hydrogen-bond donors (Lipinski definition) is 1. The van der Waals surface area contributed by atoms with E-state index in [-0.39, 0.29) is 0 Å². The average Bonchev–Trinajstić information content (AvgIpc) is 2.27. The van der Waals surface area contributed by atoms with E-state index < -0.39 is 11.9 Å². The Morgan fingerprint density at radius 1 is 1.42 bits per heavy atom. The van der Waals surface area contributed by atoms with Crippen molar-refractivity contribution in [1.29, 1.82) is 0 Å². The van der Waals surface area contributed by atoms with Gasteiger partial charge in [-0.3, -0.25) is 4.79 Å². The summed E-state index contributed by atoms with van der Waals surface area (Å²) in [6.07, 6.45) is 0. The Hall–Kier alpha value is -1.19. The molecule has 0 aliphatic heterocycles. The number of halogens is 2. The Kier molecular flexibility index (Phi) is 5.70. The number of carboxylic acid groups (broad SMARTS) is 1. The highest BCUT2D eigenvalue weighted by molar-refractivity contribution is 6.39. The van der Waals surface area contributed by atoms with Crippen molar-refractivity contribution in [2.75, 3.05) is 18.0 Å². The van der Waals surface area contributed by atoms with Gasteiger partial charge >= 0.3 is 5.97 Å². The molecule has 0 amide bonds. The van der Waals surface area contributed by atoms with E-state index in [1.54, 1.807) is 25.1 Å². The number of anilines is 1. The van der Waals surface area contributed by atoms with E-state index in [1.165, 1.54) is 0 Å². The van der Waals surface area contributed by atoms with Gasteiger partial charge in [-0.2, -0.15) is 0 Å². The summed E-state index contributed by atoms with van der Waals surface area (Å²) >= 11 is 12.3. The Morgan fingerprint density at radius 2 is 1.95 bits per heavy atom. The molecule has 1 unspecified atom stereocenters. The molecule has 0 aromatic heterocycles. The second-order valence-electron chi connectivity index (χ2n) is 4.65. The number of carboxylic acids is 1. The van der Waals surface area contributed by atoms with Crippen LogP contribution in [0.5, 0.6) is 0 Å². The fourth-order valence-electron chi connectivity index (χ4n) is 1.76. The molecule has 0 saturated heterocycles. The zero-order valence-electron chi connectivity index (χ0n) is 11.0. The highest BCUT2D eigenvalue weighted by atomic mass is 35.5. The molecule has 5 heteroatoms. The van der Waals surface area contributed by atoms with Gasteiger partial charge in [0.1, 0.15) is 0 Å². The molecule has 104 valence electrons. The van der Waals surface area contributed by atoms with Crippen LogP contribution in [-0.4, -0.2) is 24.2 Å². The molecule has 0 fully saturated rings. The minimum absolute atomic E-state index is 0.325. The zero-order valence-corrected chi connectivity index (χ0v) is 12.5. The predicted octanol–water partition coefficient (Wildman–Crippen LogP) is 4.10. The molecule has 3 nitrogen and oxygen atoms in total. The molecule has 0 radical (unpaired) electrons. The fourth-order valence-corrected chi connectivity index (χ4v) is 2.40. The van der Waals surface area contributed by atoms with Gasteiger partial charge in [0.15, 0.2) is 0 Å². The normalized spacial score (nSPS) is 12.0. The number of para-hydroxylation sites is 1. The molecule has 0 saturated carbocycles. The van der Waals surface area contributed by atoms with Crippen LogP contribution < -0.4 is 4.90 Å². The largest absolute Gasteiger partial charge is 0.481 e. The second kappa shape index (κ2) is 6.83. The van der Waals surface area contributed by atoms with Gasteiger partial charge in [-0.1, -0.05) is 48.3 Å². The summed E-state index contributed by atoms with van der Waals surface area (Å²) in [5, 5.41) is 10.0. The topological polar surface area (TPSA) is 40.5 Å². The Labute approximate surface area is 123 Å². The number of rotatable bonds is 6. The minimum atomic E-state index is -0.852. The average molecular weight is 302 g/mol. The maximum absolute atomic E-state index is 11.0. The lowest BCUT2D eigenvalue weighted by Crippen LogP contribution is -2.33. The maximum atomic E-state index is 11.0. The van der Waals surface area contributed by atoms with Crippen molar-refractivity contribution in [1.82, 2.24) is 0 Å². The first-order valence-corrected chi connectivity index (χ1v) is 6.64. The van der Waals surface area contributed by atoms with Crippen molar-refractivity contribution in [3.8, 4) is 0 Å². The van der Waals surface area contributed by atoms with Crippen LogP contribution >= 0.6 is 23.2 Å². The van der Waals surface area contributed by atoms with Gasteiger partial charge in [0.2, 0.25) is 0 Å². The molecule has 0 aliphatic rings. The van der Waals surface area contributed by atoms with Crippen molar-refractivity contribution < 1.29 is 9.90 Å². The molecule has 0 bridgehead atoms. The van der Waals surface area contributed by atoms with E-state index >= 15 is 0 Å². The molecular formula is C14H17Cl2NO2. The molecule has 1 N–H and O–H groups in total. The monoisotopic (exact) mass is 301 g/mol. The van der Waals surface area contributed by atoms with Gasteiger partial charge < -0.3 is 10.0 Å². The van der Waals surface area contributed by atoms with Gasteiger partial charge in [0, 0.05) is 13.1 Å². The first-order valence-electron chi connectivity index (χ1n) is 5.89. The molecule has 1 aromatic rings. The van der Waals surface area contributed by atoms with Crippen LogP contribution in [0.4, 0.5) is 5.69 Å². The molecule has 1 aromatic carbocycles. The maximum Gasteiger partial charge on any atom is 0.308 e. The second-order valence-corrected chi connectivity index (χ2v) is 5.46. The van der Waals surface area contributed by atoms with E-state index in [9.17, 15) is 4.79 Å². The number of hydrogen-bond acceptors (Lipinski definition) is 2. The van der Waals surface area contributed by atoms with Gasteiger partial charge in [-0.25, -0.2) is 0 Å². The quantitative estimate of drug-likeness (QED) is 0.804. The molecular weight excluding hydrogens is 285 g/mol. The van der Waals surface area contributed by atoms with Gasteiger partial charge in [0.25, 0.3) is 0 Å². The van der Waals surface area contributed by atoms with Crippen molar-refractivity contribution in [2.45, 2.75) is 13.8 Å². The lowest BCUT2D eigenvalue weighted by molar-refractivity contribution is -0.140. The van der Waals surface area contributed by atoms with E-state index in [0.29, 0.717) is 28.8 Å². The van der Waals surface area contributed by atoms with E-state index in [1.807, 2.05) is 11.8 Å². The summed E-state index contributed by atoms with van der Waals surface area (Å²) in [7, 11) is 0. The molecule has 1 rings (SSSR count). The summed E-state index contributed by atoms with van der Waals surface area (Å²) < 4.78 is 0. The first kappa shape index (κ1) is 15.9. The third-order valence-corrected chi connectivity index (χ3v) is 3.24. The van der Waals surface area contributed by atoms with Gasteiger partial charge in [-0.05, 0) is 19.1 Å². The number of aliphatic carboxylic acids is 1. The van der Waals surface area contributed by atoms with Crippen molar-refractivity contribution in [3.63, 3.8) is 0 Å². The van der Waals surface area contributed by atoms with Crippen molar-refractivity contribution in [3.05, 3.63) is 40.4 Å². The predicted molar refractivity (Wildman–Crippen MR) is 80.3 cm³/mol. The third kappa shape index (κ3) is 4.44. The smallest absolute Gasteiger partial charge is 0.308 e. The highest BCUT2D eigenvalue weighted by Crippen LogP contribution is 2.34. The lowest BCUT2D eigenvalue weighted by atomic mass is 10.1. The highest BCUT2D eigenvalue weighted by Gasteiger charge is 2.20. The van der Waals surface area contributed by atoms with Crippen LogP contribution in [0.25, 0.3) is 0 Å². The van der Waals surface area contributed by atoms with Crippen LogP contribution in [0.3, 0.4) is 0 Å². The molecule has 0 aliphatic carbocycles. The van der Waals surface area contributed by atoms with Crippen molar-refractivity contribution in [2.24, 2.45) is 5.92 Å². The van der Waals surface area contributed by atoms with Crippen LogP contribution in [-0.2, 0) is 4.79 Å². The summed E-state index contributed by atoms with van der Waals surface area (Å²) in [6, 6.07) is 5.23. The Bertz CT molecular complexity index is 468. The van der Waals surface area contributed by atoms with Crippen molar-refractivity contribution >= 4 is 34.9 Å². The minimum Gasteiger partial charge on any atom is -0.481 e. The summed E-state index contributed by atoms with van der Waals surface area (Å²) in [5.74, 6) is -1.37. The van der Waals surface area contributed by atoms with Crippen LogP contribution in [0.1, 0.15) is 13.8 Å². The third-order valence-electron chi connectivity index (χ3n) is 2.63. The van der Waals surface area contributed by atoms with E-state index in [4.69, 9.17) is 28.3 Å². The van der Waals surface area contributed by atoms with Gasteiger partial charge in [0.05, 0.1) is 21.7 Å². The molecule has 0 heterocycles. The zero-order chi connectivity index (χ0) is 14.6. The number of nitrogens with zero attached hydrogens (tertiary/aromatic N) is 1. The van der Waals surface area contributed by atoms with Crippen LogP contribution in [0, 0.1) is 5.92 Å². The standard InChI is InChI=1S/C14H17Cl2NO2/c1-9(2)7-17(8-10(3)14(18)19)13-11(15)5-4-6-12(13)16/h4-6,10H,1,7-8H2,2-3H3,(H,18,19). The van der Waals surface area contributed by atoms with Crippen LogP contribution in [0.2, 0.25) is 10.0 Å². The molecule has 19 heavy (non-hydrogen) atoms. The Morgan fingerprint density at radius 3 is 2.37 bits per heavy atom. The SMILES string of the molecule is C=C(C)CN(CC(C)C(=O)O)c1c(Cl)cccc1Cl. The van der Waals surface area contributed by atoms with Gasteiger partial charge in [-0.15, -0.1) is 0 Å². The molecule has 0 spiro atoms. The van der Waals surface area contributed by atoms with Crippen LogP contribution in [0.15, 0.2) is 30.4 Å². The lowest BCUT2D eigenvalue weighted by Gasteiger charge is -2.28. The fraction of sp³-hybridized carbons (Fsp3) is 0.357. The van der Waals surface area contributed by atoms with E-state index in [0.717, 1.165) is 5.57 Å². The summed E-state index contributed by atoms with van der Waals surface area (Å²) in [6.45, 7) is 8.23. The molecule has 1 atom stereocenters.